The van der Waals surface area contributed by atoms with E-state index in [2.05, 4.69) is 15.0 Å². The van der Waals surface area contributed by atoms with Crippen LogP contribution in [0.5, 0.6) is 5.75 Å². The van der Waals surface area contributed by atoms with Gasteiger partial charge in [0.15, 0.2) is 5.65 Å². The van der Waals surface area contributed by atoms with Crippen molar-refractivity contribution in [3.8, 4) is 5.75 Å². The van der Waals surface area contributed by atoms with E-state index in [0.29, 0.717) is 34.8 Å². The maximum absolute atomic E-state index is 12.6. The molecule has 2 heterocycles. The smallest absolute Gasteiger partial charge is 0.497 e. The lowest BCUT2D eigenvalue weighted by molar-refractivity contribution is -0.365. The van der Waals surface area contributed by atoms with E-state index in [0.717, 1.165) is 4.90 Å². The zero-order valence-corrected chi connectivity index (χ0v) is 26.4. The van der Waals surface area contributed by atoms with Crippen LogP contribution in [0.2, 0.25) is 0 Å². The number of methoxy groups -OCH3 is 1. The van der Waals surface area contributed by atoms with Crippen molar-refractivity contribution in [2.45, 2.75) is 48.9 Å². The van der Waals surface area contributed by atoms with E-state index >= 15 is 0 Å². The lowest BCUT2D eigenvalue weighted by Crippen LogP contribution is -2.41. The maximum atomic E-state index is 12.6. The summed E-state index contributed by atoms with van der Waals surface area (Å²) in [7, 11) is -3.94. The Bertz CT molecular complexity index is 1430. The van der Waals surface area contributed by atoms with Gasteiger partial charge in [-0.2, -0.15) is 4.98 Å². The van der Waals surface area contributed by atoms with Crippen LogP contribution in [-0.2, 0) is 44.3 Å². The zero-order chi connectivity index (χ0) is 32.9. The monoisotopic (exact) mass is 675 g/mol. The molecule has 45 heavy (non-hydrogen) atoms. The number of rotatable bonds is 18. The van der Waals surface area contributed by atoms with Gasteiger partial charge in [-0.1, -0.05) is 25.6 Å². The lowest BCUT2D eigenvalue weighted by atomic mass is 10.3. The van der Waals surface area contributed by atoms with E-state index in [1.165, 1.54) is 22.7 Å². The van der Waals surface area contributed by atoms with Gasteiger partial charge in [-0.3, -0.25) is 14.0 Å². The van der Waals surface area contributed by atoms with Gasteiger partial charge in [0.2, 0.25) is 19.5 Å². The van der Waals surface area contributed by atoms with Gasteiger partial charge in [0.1, 0.15) is 16.3 Å². The number of nitrogen functional groups attached to an aromatic ring is 1. The summed E-state index contributed by atoms with van der Waals surface area (Å²) in [5, 5.41) is 0.456. The Morgan fingerprint density at radius 1 is 0.933 bits per heavy atom. The lowest BCUT2D eigenvalue weighted by Gasteiger charge is -2.32. The van der Waals surface area contributed by atoms with E-state index in [1.807, 2.05) is 12.1 Å². The molecule has 18 nitrogen and oxygen atoms in total. The molecule has 3 rings (SSSR count). The summed E-state index contributed by atoms with van der Waals surface area (Å²) in [5.41, 5.74) is 3.47. The molecule has 0 bridgehead atoms. The third-order valence-electron chi connectivity index (χ3n) is 5.38. The van der Waals surface area contributed by atoms with Crippen LogP contribution in [0, 0.1) is 0 Å². The second-order valence-electron chi connectivity index (χ2n) is 8.70. The molecule has 0 atom stereocenters. The minimum atomic E-state index is -5.50. The summed E-state index contributed by atoms with van der Waals surface area (Å²) in [6.45, 7) is 0.872. The highest BCUT2D eigenvalue weighted by Gasteiger charge is 2.53. The molecule has 0 aliphatic heterocycles. The fraction of sp³-hybridized carbons (Fsp3) is 0.480. The minimum Gasteiger partial charge on any atom is -0.497 e. The summed E-state index contributed by atoms with van der Waals surface area (Å²) < 4.78 is 53.7. The average Bonchev–Trinajstić information content (AvgIpc) is 3.41. The number of nitrogens with two attached hydrogens (primary N) is 1. The first-order valence-electron chi connectivity index (χ1n) is 13.4. The van der Waals surface area contributed by atoms with Gasteiger partial charge in [0.25, 0.3) is 0 Å². The Balaban J connectivity index is 1.77. The highest BCUT2D eigenvalue weighted by atomic mass is 32.2. The van der Waals surface area contributed by atoms with Crippen molar-refractivity contribution in [2.75, 3.05) is 46.2 Å². The van der Waals surface area contributed by atoms with Crippen LogP contribution in [0.3, 0.4) is 0 Å². The molecule has 0 saturated carbocycles. The molecule has 1 aromatic carbocycles. The number of anilines is 1. The van der Waals surface area contributed by atoms with Crippen molar-refractivity contribution in [2.24, 2.45) is 0 Å². The number of carbonyl (C=O) groups is 2. The number of benzene rings is 1. The van der Waals surface area contributed by atoms with Crippen LogP contribution in [0.25, 0.3) is 11.2 Å². The van der Waals surface area contributed by atoms with Crippen molar-refractivity contribution in [1.29, 1.82) is 0 Å². The number of imidazole rings is 1. The van der Waals surface area contributed by atoms with Gasteiger partial charge < -0.3 is 48.5 Å². The molecule has 0 aliphatic carbocycles. The molecular formula is C25H34N5O13PS. The molecule has 248 valence electrons. The number of aromatic nitrogens is 4. The van der Waals surface area contributed by atoms with Crippen molar-refractivity contribution in [1.82, 2.24) is 19.5 Å². The standard InChI is InChI=1S/C25H34N5O13PS/c1-4-11-37-23(31)39-15-42-25(44(33,34)35,43-16-40-24(32)38-12-5-2)41-13-10-30-14-27-19-20(30)28-22(26)29-21(19)45-18-8-6-17(36-3)7-9-18/h6-9,14H,4-5,10-13,15-16H2,1-3H3,(H2,26,28,29)(H2,33,34,35). The summed E-state index contributed by atoms with van der Waals surface area (Å²) in [6, 6.07) is 7.24. The van der Waals surface area contributed by atoms with Gasteiger partial charge in [-0.15, -0.1) is 0 Å². The van der Waals surface area contributed by atoms with Crippen molar-refractivity contribution < 1.29 is 61.8 Å². The van der Waals surface area contributed by atoms with Crippen molar-refractivity contribution >= 4 is 48.8 Å². The molecule has 2 aromatic heterocycles. The molecule has 20 heteroatoms. The van der Waals surface area contributed by atoms with Crippen LogP contribution < -0.4 is 10.5 Å². The number of hydrogen-bond donors (Lipinski definition) is 3. The van der Waals surface area contributed by atoms with E-state index in [1.54, 1.807) is 33.1 Å². The summed E-state index contributed by atoms with van der Waals surface area (Å²) in [6.07, 6.45) is 0.0751. The molecule has 0 aliphatic rings. The quantitative estimate of drug-likeness (QED) is 0.0757. The van der Waals surface area contributed by atoms with Crippen molar-refractivity contribution in [3.05, 3.63) is 30.6 Å². The van der Waals surface area contributed by atoms with E-state index < -0.39 is 45.8 Å². The van der Waals surface area contributed by atoms with Crippen LogP contribution in [0.4, 0.5) is 15.5 Å². The van der Waals surface area contributed by atoms with E-state index in [-0.39, 0.29) is 25.7 Å². The molecule has 0 amide bonds. The van der Waals surface area contributed by atoms with Crippen LogP contribution >= 0.6 is 19.4 Å². The van der Waals surface area contributed by atoms with Crippen LogP contribution in [0.1, 0.15) is 26.7 Å². The summed E-state index contributed by atoms with van der Waals surface area (Å²) in [5.74, 6) is 0.637. The van der Waals surface area contributed by atoms with E-state index in [4.69, 9.17) is 43.6 Å². The number of carbonyl (C=O) groups excluding carboxylic acids is 2. The average molecular weight is 676 g/mol. The Kier molecular flexibility index (Phi) is 13.6. The Hall–Kier alpha value is -3.71. The van der Waals surface area contributed by atoms with Gasteiger partial charge in [-0.25, -0.2) is 19.6 Å². The highest BCUT2D eigenvalue weighted by Crippen LogP contribution is 2.53. The molecule has 4 N–H and O–H groups in total. The third-order valence-corrected chi connectivity index (χ3v) is 7.47. The van der Waals surface area contributed by atoms with E-state index in [9.17, 15) is 23.9 Å². The minimum absolute atomic E-state index is 0.0381. The fourth-order valence-electron chi connectivity index (χ4n) is 3.33. The predicted octanol–water partition coefficient (Wildman–Crippen LogP) is 3.45. The van der Waals surface area contributed by atoms with Crippen molar-refractivity contribution in [3.63, 3.8) is 0 Å². The first-order chi connectivity index (χ1) is 21.5. The number of nitrogens with zero attached hydrogens (tertiary/aromatic N) is 4. The Morgan fingerprint density at radius 3 is 2.07 bits per heavy atom. The molecule has 0 unspecified atom stereocenters. The first-order valence-corrected chi connectivity index (χ1v) is 15.8. The number of ether oxygens (including phenoxy) is 8. The second-order valence-corrected chi connectivity index (χ2v) is 11.4. The van der Waals surface area contributed by atoms with Gasteiger partial charge in [0.05, 0.1) is 33.3 Å². The van der Waals surface area contributed by atoms with Gasteiger partial charge in [-0.05, 0) is 37.1 Å². The molecule has 3 aromatic rings. The fourth-order valence-corrected chi connectivity index (χ4v) is 4.91. The maximum Gasteiger partial charge on any atom is 0.510 e. The topological polar surface area (TPSA) is 235 Å². The van der Waals surface area contributed by atoms with Crippen LogP contribution in [0.15, 0.2) is 40.5 Å². The summed E-state index contributed by atoms with van der Waals surface area (Å²) in [4.78, 5) is 57.4. The molecule has 0 spiro atoms. The predicted molar refractivity (Wildman–Crippen MR) is 155 cm³/mol. The third kappa shape index (κ3) is 10.4. The largest absolute Gasteiger partial charge is 0.510 e. The molecular weight excluding hydrogens is 641 g/mol. The van der Waals surface area contributed by atoms with Crippen LogP contribution in [-0.4, -0.2) is 87.8 Å². The molecule has 0 radical (unpaired) electrons. The molecule has 0 saturated heterocycles. The summed E-state index contributed by atoms with van der Waals surface area (Å²) >= 11 is 1.29. The van der Waals surface area contributed by atoms with Gasteiger partial charge >= 0.3 is 25.6 Å². The second kappa shape index (κ2) is 17.1. The zero-order valence-electron chi connectivity index (χ0n) is 24.7. The van der Waals surface area contributed by atoms with Gasteiger partial charge in [0, 0.05) is 11.4 Å². The Labute approximate surface area is 261 Å². The number of fused-ring (bicyclic) bond motifs is 1. The highest BCUT2D eigenvalue weighted by molar-refractivity contribution is 7.99. The molecule has 0 fully saturated rings. The number of hydrogen-bond acceptors (Lipinski definition) is 16. The normalized spacial score (nSPS) is 11.8. The SMILES string of the molecule is CCCOC(=O)OCOC(OCCn1cnc2c(Sc3ccc(OC)cc3)nc(N)nc21)(OCOC(=O)OCCC)P(=O)(O)O. The Morgan fingerprint density at radius 2 is 1.53 bits per heavy atom. The first kappa shape index (κ1) is 35.8.